The average molecular weight is 243 g/mol. The van der Waals surface area contributed by atoms with Crippen LogP contribution in [0, 0.1) is 0 Å². The Morgan fingerprint density at radius 2 is 2.24 bits per heavy atom. The lowest BCUT2D eigenvalue weighted by atomic mass is 10.2. The molecule has 0 spiro atoms. The van der Waals surface area contributed by atoms with E-state index in [1.807, 2.05) is 6.92 Å². The van der Waals surface area contributed by atoms with Crippen LogP contribution in [0.15, 0.2) is 0 Å². The molecule has 1 amide bonds. The molecular weight excluding hydrogens is 218 g/mol. The first kappa shape index (κ1) is 14.4. The first-order valence-corrected chi connectivity index (χ1v) is 6.42. The minimum absolute atomic E-state index is 0.0997. The van der Waals surface area contributed by atoms with E-state index in [0.717, 1.165) is 32.4 Å². The van der Waals surface area contributed by atoms with Gasteiger partial charge in [0.15, 0.2) is 0 Å². The van der Waals surface area contributed by atoms with Gasteiger partial charge in [-0.05, 0) is 32.7 Å². The van der Waals surface area contributed by atoms with Gasteiger partial charge in [-0.2, -0.15) is 0 Å². The Morgan fingerprint density at radius 1 is 1.53 bits per heavy atom. The standard InChI is InChI=1S/C12H25N3O2/c1-10(12(16)14-11-4-5-11)15(7-3-6-13)8-9-17-2/h10-11H,3-9,13H2,1-2H3,(H,14,16). The van der Waals surface area contributed by atoms with E-state index in [0.29, 0.717) is 19.2 Å². The highest BCUT2D eigenvalue weighted by Gasteiger charge is 2.27. The van der Waals surface area contributed by atoms with Gasteiger partial charge < -0.3 is 15.8 Å². The minimum Gasteiger partial charge on any atom is -0.383 e. The van der Waals surface area contributed by atoms with Gasteiger partial charge in [0.05, 0.1) is 12.6 Å². The van der Waals surface area contributed by atoms with Gasteiger partial charge in [-0.3, -0.25) is 9.69 Å². The second-order valence-corrected chi connectivity index (χ2v) is 4.63. The monoisotopic (exact) mass is 243 g/mol. The molecule has 17 heavy (non-hydrogen) atoms. The molecule has 1 aliphatic rings. The minimum atomic E-state index is -0.0997. The molecule has 0 aromatic rings. The highest BCUT2D eigenvalue weighted by molar-refractivity contribution is 5.81. The van der Waals surface area contributed by atoms with Crippen LogP contribution >= 0.6 is 0 Å². The Kier molecular flexibility index (Phi) is 6.47. The largest absolute Gasteiger partial charge is 0.383 e. The molecule has 0 aromatic carbocycles. The molecule has 1 rings (SSSR count). The third kappa shape index (κ3) is 5.48. The van der Waals surface area contributed by atoms with E-state index < -0.39 is 0 Å². The molecule has 5 heteroatoms. The summed E-state index contributed by atoms with van der Waals surface area (Å²) < 4.78 is 5.07. The number of carbonyl (C=O) groups excluding carboxylic acids is 1. The molecule has 1 saturated carbocycles. The molecule has 1 aliphatic carbocycles. The predicted octanol–water partition coefficient (Wildman–Crippen LogP) is -0.0493. The lowest BCUT2D eigenvalue weighted by molar-refractivity contribution is -0.126. The van der Waals surface area contributed by atoms with Crippen molar-refractivity contribution in [2.75, 3.05) is 33.4 Å². The van der Waals surface area contributed by atoms with Crippen molar-refractivity contribution in [2.45, 2.75) is 38.3 Å². The SMILES string of the molecule is COCCN(CCCN)C(C)C(=O)NC1CC1. The summed E-state index contributed by atoms with van der Waals surface area (Å²) in [5, 5.41) is 3.03. The van der Waals surface area contributed by atoms with E-state index in [9.17, 15) is 4.79 Å². The topological polar surface area (TPSA) is 67.6 Å². The molecule has 100 valence electrons. The normalized spacial score (nSPS) is 17.2. The fraction of sp³-hybridized carbons (Fsp3) is 0.917. The van der Waals surface area contributed by atoms with Crippen LogP contribution in [0.1, 0.15) is 26.2 Å². The fourth-order valence-electron chi connectivity index (χ4n) is 1.72. The summed E-state index contributed by atoms with van der Waals surface area (Å²) in [7, 11) is 1.68. The lowest BCUT2D eigenvalue weighted by Crippen LogP contribution is -2.47. The maximum atomic E-state index is 11.9. The number of hydrogen-bond donors (Lipinski definition) is 2. The van der Waals surface area contributed by atoms with E-state index in [1.54, 1.807) is 7.11 Å². The number of ether oxygens (including phenoxy) is 1. The Balaban J connectivity index is 2.37. The van der Waals surface area contributed by atoms with Crippen molar-refractivity contribution in [3.63, 3.8) is 0 Å². The lowest BCUT2D eigenvalue weighted by Gasteiger charge is -2.27. The number of amides is 1. The van der Waals surface area contributed by atoms with Crippen LogP contribution in [0.5, 0.6) is 0 Å². The first-order chi connectivity index (χ1) is 8.19. The molecule has 0 radical (unpaired) electrons. The van der Waals surface area contributed by atoms with Gasteiger partial charge in [0.1, 0.15) is 0 Å². The van der Waals surface area contributed by atoms with Gasteiger partial charge in [0, 0.05) is 26.2 Å². The third-order valence-electron chi connectivity index (χ3n) is 3.08. The zero-order chi connectivity index (χ0) is 12.7. The number of nitrogens with zero attached hydrogens (tertiary/aromatic N) is 1. The second kappa shape index (κ2) is 7.63. The zero-order valence-electron chi connectivity index (χ0n) is 10.9. The van der Waals surface area contributed by atoms with Crippen molar-refractivity contribution in [1.82, 2.24) is 10.2 Å². The van der Waals surface area contributed by atoms with E-state index in [2.05, 4.69) is 10.2 Å². The van der Waals surface area contributed by atoms with Crippen LogP contribution in [-0.2, 0) is 9.53 Å². The summed E-state index contributed by atoms with van der Waals surface area (Å²) in [6.45, 7) is 4.87. The van der Waals surface area contributed by atoms with Crippen LogP contribution in [0.3, 0.4) is 0 Å². The maximum absolute atomic E-state index is 11.9. The van der Waals surface area contributed by atoms with Gasteiger partial charge in [0.25, 0.3) is 0 Å². The van der Waals surface area contributed by atoms with E-state index in [-0.39, 0.29) is 11.9 Å². The molecule has 5 nitrogen and oxygen atoms in total. The van der Waals surface area contributed by atoms with Gasteiger partial charge in [-0.25, -0.2) is 0 Å². The molecule has 1 fully saturated rings. The van der Waals surface area contributed by atoms with Crippen LogP contribution < -0.4 is 11.1 Å². The molecule has 0 heterocycles. The summed E-state index contributed by atoms with van der Waals surface area (Å²) in [5.41, 5.74) is 5.51. The summed E-state index contributed by atoms with van der Waals surface area (Å²) in [5.74, 6) is 0.126. The maximum Gasteiger partial charge on any atom is 0.237 e. The van der Waals surface area contributed by atoms with Gasteiger partial charge in [-0.15, -0.1) is 0 Å². The molecule has 1 unspecified atom stereocenters. The van der Waals surface area contributed by atoms with Gasteiger partial charge >= 0.3 is 0 Å². The van der Waals surface area contributed by atoms with Crippen molar-refractivity contribution >= 4 is 5.91 Å². The zero-order valence-corrected chi connectivity index (χ0v) is 10.9. The Hall–Kier alpha value is -0.650. The smallest absolute Gasteiger partial charge is 0.237 e. The summed E-state index contributed by atoms with van der Waals surface area (Å²) in [6, 6.07) is 0.320. The van der Waals surface area contributed by atoms with Crippen molar-refractivity contribution in [3.8, 4) is 0 Å². The number of methoxy groups -OCH3 is 1. The molecule has 0 bridgehead atoms. The first-order valence-electron chi connectivity index (χ1n) is 6.42. The van der Waals surface area contributed by atoms with Crippen molar-refractivity contribution in [2.24, 2.45) is 5.73 Å². The predicted molar refractivity (Wildman–Crippen MR) is 67.7 cm³/mol. The van der Waals surface area contributed by atoms with Crippen molar-refractivity contribution in [1.29, 1.82) is 0 Å². The molecule has 1 atom stereocenters. The highest BCUT2D eigenvalue weighted by Crippen LogP contribution is 2.19. The average Bonchev–Trinajstić information content (AvgIpc) is 3.12. The number of rotatable bonds is 9. The Labute approximate surface area is 104 Å². The van der Waals surface area contributed by atoms with Crippen molar-refractivity contribution in [3.05, 3.63) is 0 Å². The fourth-order valence-corrected chi connectivity index (χ4v) is 1.72. The summed E-state index contributed by atoms with van der Waals surface area (Å²) in [6.07, 6.45) is 3.16. The van der Waals surface area contributed by atoms with E-state index in [1.165, 1.54) is 0 Å². The quantitative estimate of drug-likeness (QED) is 0.596. The van der Waals surface area contributed by atoms with Gasteiger partial charge in [0.2, 0.25) is 5.91 Å². The summed E-state index contributed by atoms with van der Waals surface area (Å²) >= 11 is 0. The van der Waals surface area contributed by atoms with Crippen molar-refractivity contribution < 1.29 is 9.53 Å². The number of nitrogens with one attached hydrogen (secondary N) is 1. The molecule has 0 saturated heterocycles. The van der Waals surface area contributed by atoms with E-state index >= 15 is 0 Å². The molecular formula is C12H25N3O2. The summed E-state index contributed by atoms with van der Waals surface area (Å²) in [4.78, 5) is 14.1. The molecule has 0 aromatic heterocycles. The Morgan fingerprint density at radius 3 is 2.76 bits per heavy atom. The molecule has 0 aliphatic heterocycles. The third-order valence-corrected chi connectivity index (χ3v) is 3.08. The van der Waals surface area contributed by atoms with Crippen LogP contribution in [0.2, 0.25) is 0 Å². The van der Waals surface area contributed by atoms with Crippen LogP contribution in [0.25, 0.3) is 0 Å². The highest BCUT2D eigenvalue weighted by atomic mass is 16.5. The Bertz CT molecular complexity index is 224. The van der Waals surface area contributed by atoms with Crippen LogP contribution in [0.4, 0.5) is 0 Å². The van der Waals surface area contributed by atoms with Gasteiger partial charge in [-0.1, -0.05) is 0 Å². The second-order valence-electron chi connectivity index (χ2n) is 4.63. The number of hydrogen-bond acceptors (Lipinski definition) is 4. The number of carbonyl (C=O) groups is 1. The van der Waals surface area contributed by atoms with Crippen LogP contribution in [-0.4, -0.2) is 56.2 Å². The van der Waals surface area contributed by atoms with E-state index in [4.69, 9.17) is 10.5 Å². The number of nitrogens with two attached hydrogens (primary N) is 1. The molecule has 3 N–H and O–H groups in total.